The van der Waals surface area contributed by atoms with E-state index in [9.17, 15) is 4.79 Å². The monoisotopic (exact) mass is 294 g/mol. The minimum atomic E-state index is -0.550. The summed E-state index contributed by atoms with van der Waals surface area (Å²) in [5.41, 5.74) is 5.96. The predicted molar refractivity (Wildman–Crippen MR) is 83.7 cm³/mol. The third kappa shape index (κ3) is 4.93. The molecule has 0 radical (unpaired) electrons. The van der Waals surface area contributed by atoms with E-state index < -0.39 is 5.41 Å². The van der Waals surface area contributed by atoms with Crippen LogP contribution in [0.3, 0.4) is 0 Å². The molecular formula is C16H26N2O3. The van der Waals surface area contributed by atoms with Gasteiger partial charge in [-0.05, 0) is 44.9 Å². The van der Waals surface area contributed by atoms with Gasteiger partial charge in [-0.3, -0.25) is 4.79 Å². The number of rotatable bonds is 8. The van der Waals surface area contributed by atoms with E-state index in [4.69, 9.17) is 15.2 Å². The minimum absolute atomic E-state index is 0.224. The Morgan fingerprint density at radius 1 is 1.29 bits per heavy atom. The summed E-state index contributed by atoms with van der Waals surface area (Å²) in [5.74, 6) is 1.14. The lowest BCUT2D eigenvalue weighted by Gasteiger charge is -2.24. The number of methoxy groups -OCH3 is 2. The van der Waals surface area contributed by atoms with Gasteiger partial charge in [-0.15, -0.1) is 0 Å². The number of carbonyl (C=O) groups is 1. The summed E-state index contributed by atoms with van der Waals surface area (Å²) >= 11 is 0. The molecule has 0 bridgehead atoms. The van der Waals surface area contributed by atoms with Crippen molar-refractivity contribution in [2.75, 3.05) is 20.8 Å². The van der Waals surface area contributed by atoms with Gasteiger partial charge in [-0.2, -0.15) is 0 Å². The fraction of sp³-hybridized carbons (Fsp3) is 0.562. The fourth-order valence-corrected chi connectivity index (χ4v) is 1.95. The summed E-state index contributed by atoms with van der Waals surface area (Å²) in [6, 6.07) is 6.10. The molecule has 0 aliphatic heterocycles. The number of ether oxygens (including phenoxy) is 2. The van der Waals surface area contributed by atoms with Crippen LogP contribution in [0.25, 0.3) is 0 Å². The Morgan fingerprint density at radius 3 is 2.43 bits per heavy atom. The van der Waals surface area contributed by atoms with E-state index in [1.54, 1.807) is 14.2 Å². The summed E-state index contributed by atoms with van der Waals surface area (Å²) in [5, 5.41) is 3.35. The molecule has 1 aromatic rings. The van der Waals surface area contributed by atoms with Gasteiger partial charge in [0.2, 0.25) is 5.91 Å². The Hall–Kier alpha value is -1.75. The molecule has 5 nitrogen and oxygen atoms in total. The maximum atomic E-state index is 11.3. The van der Waals surface area contributed by atoms with Crippen molar-refractivity contribution in [1.29, 1.82) is 0 Å². The Kier molecular flexibility index (Phi) is 6.03. The normalized spacial score (nSPS) is 12.8. The Balaban J connectivity index is 2.63. The van der Waals surface area contributed by atoms with Gasteiger partial charge in [0.05, 0.1) is 19.6 Å². The molecule has 0 aromatic heterocycles. The number of hydrogen-bond acceptors (Lipinski definition) is 4. The SMILES string of the molecule is COc1ccc(CC(C)NCC(C)(C)C(N)=O)cc1OC. The molecule has 0 saturated heterocycles. The molecule has 0 saturated carbocycles. The van der Waals surface area contributed by atoms with Crippen LogP contribution in [-0.2, 0) is 11.2 Å². The zero-order valence-corrected chi connectivity index (χ0v) is 13.5. The van der Waals surface area contributed by atoms with Crippen LogP contribution in [0.1, 0.15) is 26.3 Å². The second-order valence-corrected chi connectivity index (χ2v) is 5.92. The van der Waals surface area contributed by atoms with Crippen LogP contribution in [0.15, 0.2) is 18.2 Å². The first-order valence-corrected chi connectivity index (χ1v) is 7.04. The number of hydrogen-bond donors (Lipinski definition) is 2. The van der Waals surface area contributed by atoms with Crippen molar-refractivity contribution < 1.29 is 14.3 Å². The van der Waals surface area contributed by atoms with Gasteiger partial charge in [-0.1, -0.05) is 6.07 Å². The molecule has 5 heteroatoms. The minimum Gasteiger partial charge on any atom is -0.493 e. The highest BCUT2D eigenvalue weighted by Crippen LogP contribution is 2.28. The lowest BCUT2D eigenvalue weighted by atomic mass is 9.92. The van der Waals surface area contributed by atoms with Crippen molar-refractivity contribution in [1.82, 2.24) is 5.32 Å². The molecule has 1 unspecified atom stereocenters. The summed E-state index contributed by atoms with van der Waals surface area (Å²) < 4.78 is 10.5. The van der Waals surface area contributed by atoms with Crippen molar-refractivity contribution >= 4 is 5.91 Å². The quantitative estimate of drug-likeness (QED) is 0.766. The van der Waals surface area contributed by atoms with Crippen molar-refractivity contribution in [2.24, 2.45) is 11.1 Å². The van der Waals surface area contributed by atoms with Crippen LogP contribution < -0.4 is 20.5 Å². The largest absolute Gasteiger partial charge is 0.493 e. The van der Waals surface area contributed by atoms with E-state index in [1.165, 1.54) is 0 Å². The topological polar surface area (TPSA) is 73.6 Å². The molecule has 1 atom stereocenters. The predicted octanol–water partition coefficient (Wildman–Crippen LogP) is 1.74. The highest BCUT2D eigenvalue weighted by molar-refractivity contribution is 5.80. The molecular weight excluding hydrogens is 268 g/mol. The van der Waals surface area contributed by atoms with Crippen LogP contribution >= 0.6 is 0 Å². The molecule has 3 N–H and O–H groups in total. The smallest absolute Gasteiger partial charge is 0.224 e. The van der Waals surface area contributed by atoms with Crippen LogP contribution in [0, 0.1) is 5.41 Å². The van der Waals surface area contributed by atoms with E-state index >= 15 is 0 Å². The third-order valence-corrected chi connectivity index (χ3v) is 3.55. The summed E-state index contributed by atoms with van der Waals surface area (Å²) in [4.78, 5) is 11.3. The van der Waals surface area contributed by atoms with Gasteiger partial charge in [0.1, 0.15) is 0 Å². The van der Waals surface area contributed by atoms with Crippen molar-refractivity contribution in [3.8, 4) is 11.5 Å². The molecule has 118 valence electrons. The van der Waals surface area contributed by atoms with Crippen LogP contribution in [0.2, 0.25) is 0 Å². The van der Waals surface area contributed by atoms with Gasteiger partial charge >= 0.3 is 0 Å². The third-order valence-electron chi connectivity index (χ3n) is 3.55. The van der Waals surface area contributed by atoms with E-state index in [0.717, 1.165) is 23.5 Å². The first kappa shape index (κ1) is 17.3. The molecule has 1 aromatic carbocycles. The number of primary amides is 1. The van der Waals surface area contributed by atoms with Crippen molar-refractivity contribution in [2.45, 2.75) is 33.2 Å². The fourth-order valence-electron chi connectivity index (χ4n) is 1.95. The molecule has 0 heterocycles. The van der Waals surface area contributed by atoms with Gasteiger partial charge < -0.3 is 20.5 Å². The molecule has 1 amide bonds. The van der Waals surface area contributed by atoms with Crippen LogP contribution in [-0.4, -0.2) is 32.7 Å². The molecule has 0 spiro atoms. The van der Waals surface area contributed by atoms with Gasteiger partial charge in [0, 0.05) is 12.6 Å². The molecule has 21 heavy (non-hydrogen) atoms. The summed E-state index contributed by atoms with van der Waals surface area (Å²) in [6.07, 6.45) is 0.829. The van der Waals surface area contributed by atoms with Crippen LogP contribution in [0.5, 0.6) is 11.5 Å². The molecule has 0 fully saturated rings. The van der Waals surface area contributed by atoms with Gasteiger partial charge in [-0.25, -0.2) is 0 Å². The zero-order valence-electron chi connectivity index (χ0n) is 13.5. The number of nitrogens with two attached hydrogens (primary N) is 1. The highest BCUT2D eigenvalue weighted by Gasteiger charge is 2.25. The zero-order chi connectivity index (χ0) is 16.0. The van der Waals surface area contributed by atoms with E-state index in [0.29, 0.717) is 6.54 Å². The second kappa shape index (κ2) is 7.31. The Labute approximate surface area is 126 Å². The van der Waals surface area contributed by atoms with Crippen molar-refractivity contribution in [3.63, 3.8) is 0 Å². The number of amides is 1. The maximum Gasteiger partial charge on any atom is 0.224 e. The summed E-state index contributed by atoms with van der Waals surface area (Å²) in [7, 11) is 3.24. The standard InChI is InChI=1S/C16H26N2O3/c1-11(18-10-16(2,3)15(17)19)8-12-6-7-13(20-4)14(9-12)21-5/h6-7,9,11,18H,8,10H2,1-5H3,(H2,17,19). The molecule has 0 aliphatic rings. The maximum absolute atomic E-state index is 11.3. The first-order valence-electron chi connectivity index (χ1n) is 7.04. The lowest BCUT2D eigenvalue weighted by molar-refractivity contribution is -0.125. The van der Waals surface area contributed by atoms with E-state index in [-0.39, 0.29) is 11.9 Å². The number of nitrogens with one attached hydrogen (secondary N) is 1. The van der Waals surface area contributed by atoms with E-state index in [2.05, 4.69) is 12.2 Å². The Bertz CT molecular complexity index is 486. The van der Waals surface area contributed by atoms with Crippen LogP contribution in [0.4, 0.5) is 0 Å². The average molecular weight is 294 g/mol. The average Bonchev–Trinajstić information content (AvgIpc) is 2.45. The molecule has 1 rings (SSSR count). The summed E-state index contributed by atoms with van der Waals surface area (Å²) in [6.45, 7) is 6.31. The van der Waals surface area contributed by atoms with Crippen molar-refractivity contribution in [3.05, 3.63) is 23.8 Å². The van der Waals surface area contributed by atoms with E-state index in [1.807, 2.05) is 32.0 Å². The highest BCUT2D eigenvalue weighted by atomic mass is 16.5. The Morgan fingerprint density at radius 2 is 1.90 bits per heavy atom. The second-order valence-electron chi connectivity index (χ2n) is 5.92. The van der Waals surface area contributed by atoms with Gasteiger partial charge in [0.25, 0.3) is 0 Å². The first-order chi connectivity index (χ1) is 9.80. The number of benzene rings is 1. The molecule has 0 aliphatic carbocycles. The lowest BCUT2D eigenvalue weighted by Crippen LogP contribution is -2.43. The number of carbonyl (C=O) groups excluding carboxylic acids is 1. The van der Waals surface area contributed by atoms with Gasteiger partial charge in [0.15, 0.2) is 11.5 Å².